The molecular formula is C17H24ClN3O3S. The summed E-state index contributed by atoms with van der Waals surface area (Å²) in [5.41, 5.74) is 1.63. The number of rotatable bonds is 3. The third kappa shape index (κ3) is 3.50. The predicted molar refractivity (Wildman–Crippen MR) is 101 cm³/mol. The van der Waals surface area contributed by atoms with Gasteiger partial charge in [0.15, 0.2) is 0 Å². The molecule has 1 aliphatic carbocycles. The molecule has 0 bridgehead atoms. The maximum atomic E-state index is 12.5. The van der Waals surface area contributed by atoms with E-state index in [1.54, 1.807) is 24.3 Å². The van der Waals surface area contributed by atoms with Gasteiger partial charge in [-0.1, -0.05) is 0 Å². The van der Waals surface area contributed by atoms with Crippen molar-refractivity contribution >= 4 is 39.7 Å². The maximum Gasteiger partial charge on any atom is 0.235 e. The van der Waals surface area contributed by atoms with Crippen LogP contribution in [0.5, 0.6) is 0 Å². The van der Waals surface area contributed by atoms with E-state index in [4.69, 9.17) is 0 Å². The Hall–Kier alpha value is -1.31. The summed E-state index contributed by atoms with van der Waals surface area (Å²) >= 11 is 0. The Bertz CT molecular complexity index is 745. The topological polar surface area (TPSA) is 78.5 Å². The van der Waals surface area contributed by atoms with Crippen LogP contribution in [0.4, 0.5) is 11.4 Å². The van der Waals surface area contributed by atoms with Crippen molar-refractivity contribution in [3.05, 3.63) is 24.3 Å². The molecule has 2 aliphatic heterocycles. The molecular weight excluding hydrogens is 362 g/mol. The van der Waals surface area contributed by atoms with Gasteiger partial charge in [0.25, 0.3) is 0 Å². The Balaban J connectivity index is 0.00000182. The monoisotopic (exact) mass is 385 g/mol. The van der Waals surface area contributed by atoms with E-state index >= 15 is 0 Å². The van der Waals surface area contributed by atoms with Gasteiger partial charge in [0, 0.05) is 18.2 Å². The Kier molecular flexibility index (Phi) is 5.01. The Labute approximate surface area is 154 Å². The van der Waals surface area contributed by atoms with Crippen LogP contribution >= 0.6 is 12.4 Å². The highest BCUT2D eigenvalue weighted by Crippen LogP contribution is 2.58. The molecule has 1 atom stereocenters. The summed E-state index contributed by atoms with van der Waals surface area (Å²) in [6.45, 7) is 2.54. The summed E-state index contributed by atoms with van der Waals surface area (Å²) in [5, 5.41) is 6.33. The molecule has 138 valence electrons. The third-order valence-electron chi connectivity index (χ3n) is 5.63. The molecule has 1 unspecified atom stereocenters. The molecule has 1 aromatic carbocycles. The zero-order chi connectivity index (χ0) is 16.8. The van der Waals surface area contributed by atoms with Gasteiger partial charge in [0.05, 0.1) is 11.4 Å². The predicted octanol–water partition coefficient (Wildman–Crippen LogP) is 1.98. The zero-order valence-corrected chi connectivity index (χ0v) is 15.7. The number of carbonyl (C=O) groups is 1. The highest BCUT2D eigenvalue weighted by molar-refractivity contribution is 7.93. The Morgan fingerprint density at radius 2 is 1.88 bits per heavy atom. The number of piperidine rings is 1. The number of nitrogens with zero attached hydrogens (tertiary/aromatic N) is 1. The van der Waals surface area contributed by atoms with Gasteiger partial charge in [-0.25, -0.2) is 8.42 Å². The van der Waals surface area contributed by atoms with E-state index in [2.05, 4.69) is 10.6 Å². The molecule has 8 heteroatoms. The van der Waals surface area contributed by atoms with Crippen LogP contribution in [-0.2, 0) is 14.8 Å². The van der Waals surface area contributed by atoms with Crippen LogP contribution in [0.3, 0.4) is 0 Å². The first-order valence-electron chi connectivity index (χ1n) is 8.62. The first kappa shape index (κ1) is 18.5. The first-order valence-corrected chi connectivity index (χ1v) is 10.2. The summed E-state index contributed by atoms with van der Waals surface area (Å²) in [7, 11) is -3.16. The summed E-state index contributed by atoms with van der Waals surface area (Å²) in [6, 6.07) is 7.12. The third-order valence-corrected chi connectivity index (χ3v) is 7.50. The molecule has 2 saturated heterocycles. The number of halogens is 1. The van der Waals surface area contributed by atoms with Crippen LogP contribution in [0.15, 0.2) is 24.3 Å². The van der Waals surface area contributed by atoms with E-state index in [1.807, 2.05) is 0 Å². The Morgan fingerprint density at radius 1 is 1.20 bits per heavy atom. The number of nitrogens with one attached hydrogen (secondary N) is 2. The summed E-state index contributed by atoms with van der Waals surface area (Å²) in [6.07, 6.45) is 3.82. The fourth-order valence-electron chi connectivity index (χ4n) is 4.07. The molecule has 2 heterocycles. The molecule has 0 aromatic heterocycles. The van der Waals surface area contributed by atoms with Crippen molar-refractivity contribution in [2.75, 3.05) is 35.0 Å². The lowest BCUT2D eigenvalue weighted by molar-refractivity contribution is -0.118. The largest absolute Gasteiger partial charge is 0.326 e. The highest BCUT2D eigenvalue weighted by Gasteiger charge is 2.57. The van der Waals surface area contributed by atoms with Crippen LogP contribution in [0.25, 0.3) is 0 Å². The van der Waals surface area contributed by atoms with Gasteiger partial charge < -0.3 is 10.6 Å². The average Bonchev–Trinajstić information content (AvgIpc) is 3.13. The highest BCUT2D eigenvalue weighted by atomic mass is 35.5. The number of hydrogen-bond donors (Lipinski definition) is 2. The number of amides is 1. The van der Waals surface area contributed by atoms with Crippen molar-refractivity contribution in [3.63, 3.8) is 0 Å². The SMILES string of the molecule is Cl.O=C(Nc1ccc(N2CCCS2(=O)=O)cc1)C1CC12CCNCC2. The minimum Gasteiger partial charge on any atom is -0.326 e. The van der Waals surface area contributed by atoms with Gasteiger partial charge in [0.2, 0.25) is 15.9 Å². The molecule has 1 amide bonds. The van der Waals surface area contributed by atoms with Crippen molar-refractivity contribution in [2.45, 2.75) is 25.7 Å². The van der Waals surface area contributed by atoms with Gasteiger partial charge >= 0.3 is 0 Å². The number of anilines is 2. The van der Waals surface area contributed by atoms with Gasteiger partial charge in [-0.3, -0.25) is 9.10 Å². The number of carbonyl (C=O) groups excluding carboxylic acids is 1. The molecule has 2 N–H and O–H groups in total. The molecule has 6 nitrogen and oxygen atoms in total. The lowest BCUT2D eigenvalue weighted by atomic mass is 9.92. The smallest absolute Gasteiger partial charge is 0.235 e. The molecule has 4 rings (SSSR count). The summed E-state index contributed by atoms with van der Waals surface area (Å²) in [5.74, 6) is 0.432. The molecule has 25 heavy (non-hydrogen) atoms. The molecule has 1 spiro atoms. The fraction of sp³-hybridized carbons (Fsp3) is 0.588. The van der Waals surface area contributed by atoms with Crippen LogP contribution in [0.2, 0.25) is 0 Å². The zero-order valence-electron chi connectivity index (χ0n) is 14.0. The van der Waals surface area contributed by atoms with Crippen LogP contribution in [0, 0.1) is 11.3 Å². The molecule has 0 radical (unpaired) electrons. The van der Waals surface area contributed by atoms with E-state index in [0.29, 0.717) is 18.7 Å². The average molecular weight is 386 g/mol. The number of sulfonamides is 1. The van der Waals surface area contributed by atoms with Crippen molar-refractivity contribution in [1.29, 1.82) is 0 Å². The van der Waals surface area contributed by atoms with E-state index in [-0.39, 0.29) is 35.4 Å². The van der Waals surface area contributed by atoms with Crippen molar-refractivity contribution in [3.8, 4) is 0 Å². The maximum absolute atomic E-state index is 12.5. The molecule has 3 aliphatic rings. The van der Waals surface area contributed by atoms with Gasteiger partial charge in [-0.05, 0) is 68.5 Å². The number of benzene rings is 1. The summed E-state index contributed by atoms with van der Waals surface area (Å²) in [4.78, 5) is 12.5. The quantitative estimate of drug-likeness (QED) is 0.833. The van der Waals surface area contributed by atoms with Crippen molar-refractivity contribution in [2.24, 2.45) is 11.3 Å². The van der Waals surface area contributed by atoms with Gasteiger partial charge in [0.1, 0.15) is 0 Å². The molecule has 1 aromatic rings. The minimum absolute atomic E-state index is 0. The fourth-order valence-corrected chi connectivity index (χ4v) is 5.63. The second-order valence-corrected chi connectivity index (χ2v) is 9.16. The molecule has 1 saturated carbocycles. The van der Waals surface area contributed by atoms with Crippen LogP contribution in [-0.4, -0.2) is 39.7 Å². The first-order chi connectivity index (χ1) is 11.5. The van der Waals surface area contributed by atoms with Crippen molar-refractivity contribution < 1.29 is 13.2 Å². The number of hydrogen-bond acceptors (Lipinski definition) is 4. The summed E-state index contributed by atoms with van der Waals surface area (Å²) < 4.78 is 25.3. The van der Waals surface area contributed by atoms with E-state index in [1.165, 1.54) is 4.31 Å². The van der Waals surface area contributed by atoms with E-state index < -0.39 is 10.0 Å². The standard InChI is InChI=1S/C17H23N3O3S.ClH/c21-16(15-12-17(15)6-8-18-9-7-17)19-13-2-4-14(5-3-13)20-10-1-11-24(20,22)23;/h2-5,15,18H,1,6-12H2,(H,19,21);1H. The van der Waals surface area contributed by atoms with E-state index in [0.717, 1.165) is 38.0 Å². The van der Waals surface area contributed by atoms with Crippen LogP contribution in [0.1, 0.15) is 25.7 Å². The lowest BCUT2D eigenvalue weighted by Crippen LogP contribution is -2.31. The van der Waals surface area contributed by atoms with Crippen LogP contribution < -0.4 is 14.9 Å². The van der Waals surface area contributed by atoms with E-state index in [9.17, 15) is 13.2 Å². The van der Waals surface area contributed by atoms with Gasteiger partial charge in [-0.15, -0.1) is 12.4 Å². The second kappa shape index (κ2) is 6.78. The normalized spacial score (nSPS) is 26.1. The van der Waals surface area contributed by atoms with Gasteiger partial charge in [-0.2, -0.15) is 0 Å². The molecule has 3 fully saturated rings. The Morgan fingerprint density at radius 3 is 2.48 bits per heavy atom. The second-order valence-electron chi connectivity index (χ2n) is 7.15. The minimum atomic E-state index is -3.16. The lowest BCUT2D eigenvalue weighted by Gasteiger charge is -2.23. The van der Waals surface area contributed by atoms with Crippen molar-refractivity contribution in [1.82, 2.24) is 5.32 Å².